The molecule has 0 radical (unpaired) electrons. The first-order valence-corrected chi connectivity index (χ1v) is 7.74. The monoisotopic (exact) mass is 294 g/mol. The van der Waals surface area contributed by atoms with Gasteiger partial charge in [-0.2, -0.15) is 5.10 Å². The number of nitrogens with zero attached hydrogens (tertiary/aromatic N) is 4. The first-order chi connectivity index (χ1) is 10.1. The summed E-state index contributed by atoms with van der Waals surface area (Å²) < 4.78 is 1.76. The van der Waals surface area contributed by atoms with Crippen LogP contribution in [0.4, 0.5) is 0 Å². The Morgan fingerprint density at radius 3 is 2.67 bits per heavy atom. The molecule has 1 fully saturated rings. The van der Waals surface area contributed by atoms with E-state index in [9.17, 15) is 9.90 Å². The molecule has 1 N–H and O–H groups in total. The molecule has 1 aromatic heterocycles. The fraction of sp³-hybridized carbons (Fsp3) is 0.733. The molecule has 0 saturated carbocycles. The molecule has 1 aromatic rings. The third kappa shape index (κ3) is 4.82. The molecule has 1 unspecified atom stereocenters. The average molecular weight is 294 g/mol. The fourth-order valence-electron chi connectivity index (χ4n) is 2.62. The predicted octanol–water partition coefficient (Wildman–Crippen LogP) is 0.268. The van der Waals surface area contributed by atoms with Gasteiger partial charge in [0.15, 0.2) is 0 Å². The van der Waals surface area contributed by atoms with E-state index in [0.717, 1.165) is 44.6 Å². The molecule has 1 aliphatic heterocycles. The summed E-state index contributed by atoms with van der Waals surface area (Å²) in [4.78, 5) is 16.4. The van der Waals surface area contributed by atoms with Gasteiger partial charge in [-0.25, -0.2) is 0 Å². The van der Waals surface area contributed by atoms with E-state index in [1.54, 1.807) is 4.68 Å². The SMILES string of the molecule is CCC(O)CN1CCN(C(=O)CCc2cnn(C)c2)CC1. The fourth-order valence-corrected chi connectivity index (χ4v) is 2.62. The number of carbonyl (C=O) groups is 1. The van der Waals surface area contributed by atoms with Crippen LogP contribution in [-0.2, 0) is 18.3 Å². The number of aromatic nitrogens is 2. The number of carbonyl (C=O) groups excluding carboxylic acids is 1. The Morgan fingerprint density at radius 1 is 1.38 bits per heavy atom. The van der Waals surface area contributed by atoms with Gasteiger partial charge < -0.3 is 10.0 Å². The van der Waals surface area contributed by atoms with Crippen molar-refractivity contribution in [2.45, 2.75) is 32.3 Å². The van der Waals surface area contributed by atoms with Gasteiger partial charge in [0.25, 0.3) is 0 Å². The van der Waals surface area contributed by atoms with Crippen LogP contribution in [0.2, 0.25) is 0 Å². The van der Waals surface area contributed by atoms with Crippen molar-refractivity contribution >= 4 is 5.91 Å². The summed E-state index contributed by atoms with van der Waals surface area (Å²) in [5.41, 5.74) is 1.11. The van der Waals surface area contributed by atoms with Gasteiger partial charge >= 0.3 is 0 Å². The molecule has 0 aromatic carbocycles. The first-order valence-electron chi connectivity index (χ1n) is 7.74. The topological polar surface area (TPSA) is 61.6 Å². The van der Waals surface area contributed by atoms with E-state index in [2.05, 4.69) is 10.00 Å². The van der Waals surface area contributed by atoms with Crippen molar-refractivity contribution in [3.63, 3.8) is 0 Å². The van der Waals surface area contributed by atoms with E-state index in [0.29, 0.717) is 13.0 Å². The lowest BCUT2D eigenvalue weighted by atomic mass is 10.1. The lowest BCUT2D eigenvalue weighted by Crippen LogP contribution is -2.50. The van der Waals surface area contributed by atoms with Crippen molar-refractivity contribution < 1.29 is 9.90 Å². The molecule has 21 heavy (non-hydrogen) atoms. The summed E-state index contributed by atoms with van der Waals surface area (Å²) >= 11 is 0. The van der Waals surface area contributed by atoms with Crippen LogP contribution in [-0.4, -0.2) is 69.4 Å². The van der Waals surface area contributed by atoms with Gasteiger partial charge in [-0.15, -0.1) is 0 Å². The minimum atomic E-state index is -0.252. The number of rotatable bonds is 6. The summed E-state index contributed by atoms with van der Waals surface area (Å²) in [5, 5.41) is 13.8. The quantitative estimate of drug-likeness (QED) is 0.818. The smallest absolute Gasteiger partial charge is 0.222 e. The third-order valence-corrected chi connectivity index (χ3v) is 4.05. The number of aliphatic hydroxyl groups excluding tert-OH is 1. The minimum Gasteiger partial charge on any atom is -0.392 e. The molecule has 118 valence electrons. The van der Waals surface area contributed by atoms with Gasteiger partial charge in [0.05, 0.1) is 12.3 Å². The lowest BCUT2D eigenvalue weighted by molar-refractivity contribution is -0.133. The largest absolute Gasteiger partial charge is 0.392 e. The highest BCUT2D eigenvalue weighted by atomic mass is 16.3. The maximum absolute atomic E-state index is 12.2. The van der Waals surface area contributed by atoms with Gasteiger partial charge in [-0.3, -0.25) is 14.4 Å². The van der Waals surface area contributed by atoms with Gasteiger partial charge in [-0.05, 0) is 18.4 Å². The molecule has 1 saturated heterocycles. The summed E-state index contributed by atoms with van der Waals surface area (Å²) in [7, 11) is 1.88. The van der Waals surface area contributed by atoms with Crippen LogP contribution in [0, 0.1) is 0 Å². The molecular weight excluding hydrogens is 268 g/mol. The third-order valence-electron chi connectivity index (χ3n) is 4.05. The number of amides is 1. The summed E-state index contributed by atoms with van der Waals surface area (Å²) in [6, 6.07) is 0. The second-order valence-corrected chi connectivity index (χ2v) is 5.77. The van der Waals surface area contributed by atoms with Crippen molar-refractivity contribution in [1.29, 1.82) is 0 Å². The Labute approximate surface area is 126 Å². The van der Waals surface area contributed by atoms with Crippen LogP contribution in [0.25, 0.3) is 0 Å². The Balaban J connectivity index is 1.70. The highest BCUT2D eigenvalue weighted by molar-refractivity contribution is 5.76. The zero-order valence-corrected chi connectivity index (χ0v) is 13.0. The molecule has 1 aliphatic rings. The van der Waals surface area contributed by atoms with Crippen LogP contribution in [0.3, 0.4) is 0 Å². The van der Waals surface area contributed by atoms with E-state index < -0.39 is 0 Å². The van der Waals surface area contributed by atoms with Crippen molar-refractivity contribution in [2.24, 2.45) is 7.05 Å². The van der Waals surface area contributed by atoms with Crippen molar-refractivity contribution in [1.82, 2.24) is 19.6 Å². The van der Waals surface area contributed by atoms with Crippen molar-refractivity contribution in [3.05, 3.63) is 18.0 Å². The number of hydrogen-bond acceptors (Lipinski definition) is 4. The standard InChI is InChI=1S/C15H26N4O2/c1-3-14(20)12-18-6-8-19(9-7-18)15(21)5-4-13-10-16-17(2)11-13/h10-11,14,20H,3-9,12H2,1-2H3. The summed E-state index contributed by atoms with van der Waals surface area (Å²) in [6.45, 7) is 5.95. The molecule has 1 atom stereocenters. The van der Waals surface area contributed by atoms with Crippen LogP contribution in [0.5, 0.6) is 0 Å². The zero-order chi connectivity index (χ0) is 15.2. The molecule has 1 amide bonds. The number of hydrogen-bond donors (Lipinski definition) is 1. The average Bonchev–Trinajstić information content (AvgIpc) is 2.91. The Kier molecular flexibility index (Phi) is 5.76. The maximum Gasteiger partial charge on any atom is 0.222 e. The van der Waals surface area contributed by atoms with Gasteiger partial charge in [-0.1, -0.05) is 6.92 Å². The molecule has 0 spiro atoms. The van der Waals surface area contributed by atoms with Gasteiger partial charge in [0, 0.05) is 52.4 Å². The lowest BCUT2D eigenvalue weighted by Gasteiger charge is -2.35. The zero-order valence-electron chi connectivity index (χ0n) is 13.0. The van der Waals surface area contributed by atoms with Crippen LogP contribution < -0.4 is 0 Å². The molecule has 6 heteroatoms. The Hall–Kier alpha value is -1.40. The first kappa shape index (κ1) is 16.0. The Bertz CT molecular complexity index is 452. The molecule has 2 rings (SSSR count). The van der Waals surface area contributed by atoms with Crippen LogP contribution >= 0.6 is 0 Å². The molecule has 0 bridgehead atoms. The van der Waals surface area contributed by atoms with E-state index in [4.69, 9.17) is 0 Å². The molecule has 0 aliphatic carbocycles. The van der Waals surface area contributed by atoms with E-state index >= 15 is 0 Å². The van der Waals surface area contributed by atoms with Crippen molar-refractivity contribution in [2.75, 3.05) is 32.7 Å². The minimum absolute atomic E-state index is 0.217. The second-order valence-electron chi connectivity index (χ2n) is 5.77. The highest BCUT2D eigenvalue weighted by Gasteiger charge is 2.21. The Morgan fingerprint density at radius 2 is 2.10 bits per heavy atom. The molecular formula is C15H26N4O2. The van der Waals surface area contributed by atoms with Gasteiger partial charge in [0.1, 0.15) is 0 Å². The number of aliphatic hydroxyl groups is 1. The van der Waals surface area contributed by atoms with Gasteiger partial charge in [0.2, 0.25) is 5.91 Å². The van der Waals surface area contributed by atoms with E-state index in [1.165, 1.54) is 0 Å². The number of β-amino-alcohol motifs (C(OH)–C–C–N with tert-alkyl or cyclic N) is 1. The maximum atomic E-state index is 12.2. The van der Waals surface area contributed by atoms with E-state index in [-0.39, 0.29) is 12.0 Å². The molecule has 2 heterocycles. The number of aryl methyl sites for hydroxylation is 2. The predicted molar refractivity (Wildman–Crippen MR) is 80.8 cm³/mol. The van der Waals surface area contributed by atoms with Crippen molar-refractivity contribution in [3.8, 4) is 0 Å². The normalized spacial score (nSPS) is 18.0. The van der Waals surface area contributed by atoms with E-state index in [1.807, 2.05) is 31.3 Å². The summed E-state index contributed by atoms with van der Waals surface area (Å²) in [5.74, 6) is 0.217. The van der Waals surface area contributed by atoms with Crippen LogP contribution in [0.1, 0.15) is 25.3 Å². The number of piperazine rings is 1. The van der Waals surface area contributed by atoms with Crippen LogP contribution in [0.15, 0.2) is 12.4 Å². The summed E-state index contributed by atoms with van der Waals surface area (Å²) in [6.07, 6.45) is 5.60. The second kappa shape index (κ2) is 7.56. The molecule has 6 nitrogen and oxygen atoms in total. The highest BCUT2D eigenvalue weighted by Crippen LogP contribution is 2.08.